The zero-order chi connectivity index (χ0) is 17.9. The monoisotopic (exact) mass is 369 g/mol. The minimum Gasteiger partial charge on any atom is -0.376 e. The topological polar surface area (TPSA) is 121 Å². The van der Waals surface area contributed by atoms with Gasteiger partial charge in [-0.1, -0.05) is 30.3 Å². The van der Waals surface area contributed by atoms with Gasteiger partial charge in [0, 0.05) is 27.8 Å². The molecule has 2 rings (SSSR count). The minimum atomic E-state index is -4.85. The number of nitrogens with zero attached hydrogens (tertiary/aromatic N) is 1. The average molecular weight is 369 g/mol. The smallest absolute Gasteiger partial charge is 0.358 e. The molecule has 7 nitrogen and oxygen atoms in total. The van der Waals surface area contributed by atoms with Crippen molar-refractivity contribution in [3.63, 3.8) is 0 Å². The summed E-state index contributed by atoms with van der Waals surface area (Å²) in [5.41, 5.74) is 0.497. The second kappa shape index (κ2) is 7.46. The molecule has 0 heterocycles. The molecule has 24 heavy (non-hydrogen) atoms. The average Bonchev–Trinajstić information content (AvgIpc) is 2.54. The van der Waals surface area contributed by atoms with Crippen LogP contribution in [0.3, 0.4) is 0 Å². The van der Waals surface area contributed by atoms with E-state index in [2.05, 4.69) is 0 Å². The first-order valence-corrected chi connectivity index (χ1v) is 9.49. The molecule has 0 saturated carbocycles. The zero-order valence-corrected chi connectivity index (χ0v) is 14.4. The van der Waals surface area contributed by atoms with Crippen LogP contribution in [0.1, 0.15) is 29.1 Å². The molecule has 0 spiro atoms. The van der Waals surface area contributed by atoms with E-state index in [0.29, 0.717) is 4.90 Å². The van der Waals surface area contributed by atoms with Gasteiger partial charge < -0.3 is 14.9 Å². The first-order valence-electron chi connectivity index (χ1n) is 6.93. The van der Waals surface area contributed by atoms with Crippen molar-refractivity contribution in [2.24, 2.45) is 0 Å². The second-order valence-electron chi connectivity index (χ2n) is 5.11. The maximum atomic E-state index is 11.4. The molecule has 2 aromatic rings. The van der Waals surface area contributed by atoms with E-state index in [1.807, 2.05) is 37.3 Å². The lowest BCUT2D eigenvalue weighted by Crippen LogP contribution is -2.02. The lowest BCUT2D eigenvalue weighted by atomic mass is 10.2. The third-order valence-corrected chi connectivity index (χ3v) is 5.54. The van der Waals surface area contributed by atoms with Gasteiger partial charge in [-0.25, -0.2) is 0 Å². The van der Waals surface area contributed by atoms with Crippen molar-refractivity contribution in [2.45, 2.75) is 22.9 Å². The van der Waals surface area contributed by atoms with E-state index in [1.54, 1.807) is 0 Å². The van der Waals surface area contributed by atoms with Crippen LogP contribution in [0, 0.1) is 10.1 Å². The van der Waals surface area contributed by atoms with Gasteiger partial charge in [0.15, 0.2) is 5.85 Å². The van der Waals surface area contributed by atoms with Crippen LogP contribution in [-0.4, -0.2) is 19.8 Å². The molecule has 0 fully saturated rings. The highest BCUT2D eigenvalue weighted by Crippen LogP contribution is 2.53. The first-order chi connectivity index (χ1) is 11.2. The summed E-state index contributed by atoms with van der Waals surface area (Å²) in [5, 5.41) is 20.8. The summed E-state index contributed by atoms with van der Waals surface area (Å²) in [6, 6.07) is 13.1. The molecule has 2 atom stereocenters. The second-order valence-corrected chi connectivity index (χ2v) is 8.16. The minimum absolute atomic E-state index is 0.0737. The van der Waals surface area contributed by atoms with Gasteiger partial charge in [0.2, 0.25) is 0 Å². The number of nitro benzene ring substituents is 1. The van der Waals surface area contributed by atoms with Crippen LogP contribution in [0.4, 0.5) is 5.69 Å². The Kier molecular flexibility index (Phi) is 5.79. The Balaban J connectivity index is 2.41. The van der Waals surface area contributed by atoms with Crippen molar-refractivity contribution in [3.05, 3.63) is 69.8 Å². The third-order valence-electron chi connectivity index (χ3n) is 3.37. The molecule has 3 N–H and O–H groups in total. The summed E-state index contributed by atoms with van der Waals surface area (Å²) in [5.74, 6) is -2.11. The van der Waals surface area contributed by atoms with Crippen molar-refractivity contribution in [1.29, 1.82) is 0 Å². The summed E-state index contributed by atoms with van der Waals surface area (Å²) in [6.07, 6.45) is 0. The summed E-state index contributed by atoms with van der Waals surface area (Å²) in [7, 11) is -4.85. The molecule has 128 valence electrons. The van der Waals surface area contributed by atoms with E-state index >= 15 is 0 Å². The van der Waals surface area contributed by atoms with Gasteiger partial charge in [0.1, 0.15) is 0 Å². The van der Waals surface area contributed by atoms with Crippen molar-refractivity contribution in [2.75, 3.05) is 0 Å². The van der Waals surface area contributed by atoms with Crippen LogP contribution in [-0.2, 0) is 4.57 Å². The lowest BCUT2D eigenvalue weighted by Gasteiger charge is -2.19. The van der Waals surface area contributed by atoms with Crippen molar-refractivity contribution in [1.82, 2.24) is 0 Å². The fourth-order valence-corrected chi connectivity index (χ4v) is 3.91. The summed E-state index contributed by atoms with van der Waals surface area (Å²) < 4.78 is 11.4. The van der Waals surface area contributed by atoms with Gasteiger partial charge in [-0.15, -0.1) is 11.8 Å². The number of aliphatic hydroxyl groups is 1. The predicted octanol–water partition coefficient (Wildman–Crippen LogP) is 3.62. The zero-order valence-electron chi connectivity index (χ0n) is 12.6. The maximum absolute atomic E-state index is 11.4. The molecule has 0 saturated heterocycles. The molecule has 0 aliphatic rings. The van der Waals surface area contributed by atoms with Crippen LogP contribution >= 0.6 is 19.4 Å². The predicted molar refractivity (Wildman–Crippen MR) is 90.8 cm³/mol. The molecular formula is C15H16NO6PS. The van der Waals surface area contributed by atoms with Crippen molar-refractivity contribution < 1.29 is 24.4 Å². The highest BCUT2D eigenvalue weighted by atomic mass is 32.2. The number of aliphatic hydroxyl groups excluding tert-OH is 1. The first kappa shape index (κ1) is 18.6. The van der Waals surface area contributed by atoms with Crippen molar-refractivity contribution >= 4 is 25.0 Å². The molecular weight excluding hydrogens is 353 g/mol. The number of hydrogen-bond donors (Lipinski definition) is 3. The number of hydrogen-bond acceptors (Lipinski definition) is 5. The number of nitro groups is 1. The fourth-order valence-electron chi connectivity index (χ4n) is 2.12. The van der Waals surface area contributed by atoms with Crippen LogP contribution in [0.15, 0.2) is 53.4 Å². The summed E-state index contributed by atoms with van der Waals surface area (Å²) in [4.78, 5) is 29.1. The van der Waals surface area contributed by atoms with E-state index < -0.39 is 18.4 Å². The molecule has 0 bridgehead atoms. The van der Waals surface area contributed by atoms with Crippen molar-refractivity contribution in [3.8, 4) is 0 Å². The number of thioether (sulfide) groups is 1. The quantitative estimate of drug-likeness (QED) is 0.308. The molecule has 9 heteroatoms. The summed E-state index contributed by atoms with van der Waals surface area (Å²) >= 11 is 1.26. The normalized spacial score (nSPS) is 14.2. The Labute approximate surface area is 142 Å². The van der Waals surface area contributed by atoms with Crippen LogP contribution in [0.5, 0.6) is 0 Å². The molecule has 0 amide bonds. The van der Waals surface area contributed by atoms with Crippen LogP contribution in [0.25, 0.3) is 0 Å². The Hall–Kier alpha value is -1.70. The Morgan fingerprint density at radius 3 is 2.33 bits per heavy atom. The van der Waals surface area contributed by atoms with Gasteiger partial charge in [-0.2, -0.15) is 0 Å². The van der Waals surface area contributed by atoms with Gasteiger partial charge in [0.25, 0.3) is 5.69 Å². The fraction of sp³-hybridized carbons (Fsp3) is 0.200. The highest BCUT2D eigenvalue weighted by molar-refractivity contribution is 7.99. The number of rotatable bonds is 6. The van der Waals surface area contributed by atoms with Gasteiger partial charge in [-0.3, -0.25) is 14.7 Å². The summed E-state index contributed by atoms with van der Waals surface area (Å²) in [6.45, 7) is 1.90. The van der Waals surface area contributed by atoms with Gasteiger partial charge in [-0.05, 0) is 18.6 Å². The number of benzene rings is 2. The molecule has 0 aromatic heterocycles. The molecule has 0 radical (unpaired) electrons. The Morgan fingerprint density at radius 2 is 1.79 bits per heavy atom. The molecule has 0 aliphatic carbocycles. The van der Waals surface area contributed by atoms with E-state index in [4.69, 9.17) is 0 Å². The van der Waals surface area contributed by atoms with Gasteiger partial charge >= 0.3 is 7.60 Å². The maximum Gasteiger partial charge on any atom is 0.358 e. The SMILES string of the molecule is CC(Sc1ccc([N+](=O)[O-])cc1C(O)P(=O)(O)O)c1ccccc1. The number of non-ortho nitro benzene ring substituents is 1. The molecule has 2 unspecified atom stereocenters. The van der Waals surface area contributed by atoms with E-state index in [0.717, 1.165) is 11.6 Å². The molecule has 2 aromatic carbocycles. The Morgan fingerprint density at radius 1 is 1.17 bits per heavy atom. The standard InChI is InChI=1S/C15H16NO6PS/c1-10(11-5-3-2-4-6-11)24-14-8-7-12(16(18)19)9-13(14)15(17)23(20,21)22/h2-10,15,17H,1H3,(H2,20,21,22). The van der Waals surface area contributed by atoms with Gasteiger partial charge in [0.05, 0.1) is 4.92 Å². The largest absolute Gasteiger partial charge is 0.376 e. The Bertz CT molecular complexity index is 779. The van der Waals surface area contributed by atoms with E-state index in [9.17, 15) is 29.6 Å². The molecule has 0 aliphatic heterocycles. The lowest BCUT2D eigenvalue weighted by molar-refractivity contribution is -0.385. The van der Waals surface area contributed by atoms with E-state index in [-0.39, 0.29) is 16.5 Å². The van der Waals surface area contributed by atoms with Crippen LogP contribution in [0.2, 0.25) is 0 Å². The van der Waals surface area contributed by atoms with E-state index in [1.165, 1.54) is 23.9 Å². The highest BCUT2D eigenvalue weighted by Gasteiger charge is 2.32. The van der Waals surface area contributed by atoms with Crippen LogP contribution < -0.4 is 0 Å². The third kappa shape index (κ3) is 4.43.